The van der Waals surface area contributed by atoms with Gasteiger partial charge in [-0.3, -0.25) is 4.79 Å². The Hall–Kier alpha value is -1.92. The Morgan fingerprint density at radius 3 is 2.50 bits per heavy atom. The first-order valence-electron chi connectivity index (χ1n) is 5.26. The summed E-state index contributed by atoms with van der Waals surface area (Å²) in [4.78, 5) is 15.6. The topological polar surface area (TPSA) is 68.0 Å². The fourth-order valence-corrected chi connectivity index (χ4v) is 1.95. The minimum atomic E-state index is -0.989. The first kappa shape index (κ1) is 14.5. The molecule has 1 aromatic carbocycles. The van der Waals surface area contributed by atoms with Gasteiger partial charge in [-0.2, -0.15) is 0 Å². The Labute approximate surface area is 122 Å². The van der Waals surface area contributed by atoms with E-state index >= 15 is 0 Å². The van der Waals surface area contributed by atoms with Crippen molar-refractivity contribution < 1.29 is 13.6 Å². The molecule has 0 aliphatic carbocycles. The third-order valence-electron chi connectivity index (χ3n) is 2.32. The molecule has 0 fully saturated rings. The van der Waals surface area contributed by atoms with Gasteiger partial charge in [-0.1, -0.05) is 23.2 Å². The Balaban J connectivity index is 2.32. The number of carbonyl (C=O) groups excluding carboxylic acids is 1. The van der Waals surface area contributed by atoms with Gasteiger partial charge in [0.1, 0.15) is 16.8 Å². The average molecular weight is 318 g/mol. The summed E-state index contributed by atoms with van der Waals surface area (Å²) in [5, 5.41) is 1.98. The van der Waals surface area contributed by atoms with E-state index in [0.717, 1.165) is 6.07 Å². The molecule has 8 heteroatoms. The van der Waals surface area contributed by atoms with Crippen LogP contribution in [0.2, 0.25) is 10.2 Å². The van der Waals surface area contributed by atoms with Crippen LogP contribution in [0, 0.1) is 11.6 Å². The lowest BCUT2D eigenvalue weighted by atomic mass is 10.2. The number of nitrogens with two attached hydrogens (primary N) is 1. The van der Waals surface area contributed by atoms with E-state index in [9.17, 15) is 13.6 Å². The smallest absolute Gasteiger partial charge is 0.256 e. The lowest BCUT2D eigenvalue weighted by Gasteiger charge is -2.09. The number of aromatic nitrogens is 1. The number of rotatable bonds is 2. The average Bonchev–Trinajstić information content (AvgIpc) is 2.32. The molecule has 0 aliphatic rings. The van der Waals surface area contributed by atoms with E-state index in [1.165, 1.54) is 12.1 Å². The Bertz CT molecular complexity index is 651. The molecule has 0 atom stereocenters. The van der Waals surface area contributed by atoms with E-state index < -0.39 is 17.5 Å². The summed E-state index contributed by atoms with van der Waals surface area (Å²) in [5.41, 5.74) is 5.19. The van der Waals surface area contributed by atoms with Crippen LogP contribution in [0.3, 0.4) is 0 Å². The highest BCUT2D eigenvalue weighted by Crippen LogP contribution is 2.27. The molecular weight excluding hydrogens is 311 g/mol. The third-order valence-corrected chi connectivity index (χ3v) is 2.81. The van der Waals surface area contributed by atoms with Crippen molar-refractivity contribution in [3.8, 4) is 0 Å². The van der Waals surface area contributed by atoms with Crippen LogP contribution in [-0.4, -0.2) is 10.9 Å². The van der Waals surface area contributed by atoms with E-state index in [0.29, 0.717) is 6.07 Å². The summed E-state index contributed by atoms with van der Waals surface area (Å²) in [7, 11) is 0. The SMILES string of the molecule is Nc1cc(C(=O)Nc2c(F)cc(F)cc2Cl)cc(Cl)n1. The molecule has 0 radical (unpaired) electrons. The third kappa shape index (κ3) is 3.15. The lowest BCUT2D eigenvalue weighted by molar-refractivity contribution is 0.102. The van der Waals surface area contributed by atoms with Crippen molar-refractivity contribution in [2.24, 2.45) is 0 Å². The number of amides is 1. The predicted molar refractivity (Wildman–Crippen MR) is 73.0 cm³/mol. The maximum absolute atomic E-state index is 13.5. The Kier molecular flexibility index (Phi) is 4.06. The molecule has 0 bridgehead atoms. The molecule has 20 heavy (non-hydrogen) atoms. The molecule has 3 N–H and O–H groups in total. The number of nitrogens with one attached hydrogen (secondary N) is 1. The number of hydrogen-bond donors (Lipinski definition) is 2. The number of anilines is 2. The van der Waals surface area contributed by atoms with Crippen LogP contribution in [0.15, 0.2) is 24.3 Å². The van der Waals surface area contributed by atoms with Crippen LogP contribution in [0.4, 0.5) is 20.3 Å². The lowest BCUT2D eigenvalue weighted by Crippen LogP contribution is -2.14. The highest BCUT2D eigenvalue weighted by molar-refractivity contribution is 6.34. The molecule has 1 heterocycles. The maximum atomic E-state index is 13.5. The Morgan fingerprint density at radius 2 is 1.90 bits per heavy atom. The van der Waals surface area contributed by atoms with Crippen molar-refractivity contribution in [2.75, 3.05) is 11.1 Å². The molecule has 0 saturated heterocycles. The zero-order valence-electron chi connectivity index (χ0n) is 9.75. The second kappa shape index (κ2) is 5.60. The summed E-state index contributed by atoms with van der Waals surface area (Å²) in [6.45, 7) is 0. The molecule has 0 saturated carbocycles. The normalized spacial score (nSPS) is 10.4. The number of carbonyl (C=O) groups is 1. The second-order valence-electron chi connectivity index (χ2n) is 3.80. The quantitative estimate of drug-likeness (QED) is 0.833. The van der Waals surface area contributed by atoms with Gasteiger partial charge in [0.05, 0.1) is 10.7 Å². The maximum Gasteiger partial charge on any atom is 0.256 e. The van der Waals surface area contributed by atoms with Gasteiger partial charge in [0.15, 0.2) is 5.82 Å². The van der Waals surface area contributed by atoms with Crippen LogP contribution in [0.25, 0.3) is 0 Å². The molecule has 1 aromatic heterocycles. The molecule has 0 aliphatic heterocycles. The fraction of sp³-hybridized carbons (Fsp3) is 0. The molecule has 1 amide bonds. The standard InChI is InChI=1S/C12H7Cl2F2N3O/c13-7-3-6(15)4-8(16)11(7)19-12(20)5-1-9(14)18-10(17)2-5/h1-4H,(H2,17,18)(H,19,20). The van der Waals surface area contributed by atoms with Crippen LogP contribution < -0.4 is 11.1 Å². The molecule has 2 aromatic rings. The van der Waals surface area contributed by atoms with Crippen molar-refractivity contribution in [1.82, 2.24) is 4.98 Å². The summed E-state index contributed by atoms with van der Waals surface area (Å²) < 4.78 is 26.4. The summed E-state index contributed by atoms with van der Waals surface area (Å²) in [6, 6.07) is 4.00. The number of benzene rings is 1. The van der Waals surface area contributed by atoms with Gasteiger partial charge >= 0.3 is 0 Å². The number of nitrogen functional groups attached to an aromatic ring is 1. The number of pyridine rings is 1. The zero-order valence-corrected chi connectivity index (χ0v) is 11.3. The van der Waals surface area contributed by atoms with Crippen molar-refractivity contribution >= 4 is 40.6 Å². The molecule has 104 valence electrons. The van der Waals surface area contributed by atoms with Crippen molar-refractivity contribution in [3.05, 3.63) is 51.6 Å². The zero-order chi connectivity index (χ0) is 14.9. The summed E-state index contributed by atoms with van der Waals surface area (Å²) in [5.74, 6) is -2.50. The minimum absolute atomic E-state index is 0.0147. The fourth-order valence-electron chi connectivity index (χ4n) is 1.50. The summed E-state index contributed by atoms with van der Waals surface area (Å²) in [6.07, 6.45) is 0. The van der Waals surface area contributed by atoms with E-state index in [1.807, 2.05) is 0 Å². The van der Waals surface area contributed by atoms with Gasteiger partial charge in [0.25, 0.3) is 5.91 Å². The Morgan fingerprint density at radius 1 is 1.20 bits per heavy atom. The molecular formula is C12H7Cl2F2N3O. The van der Waals surface area contributed by atoms with Crippen LogP contribution in [0.1, 0.15) is 10.4 Å². The van der Waals surface area contributed by atoms with Gasteiger partial charge in [-0.05, 0) is 18.2 Å². The van der Waals surface area contributed by atoms with Gasteiger partial charge in [-0.25, -0.2) is 13.8 Å². The molecule has 0 spiro atoms. The van der Waals surface area contributed by atoms with E-state index in [4.69, 9.17) is 28.9 Å². The highest BCUT2D eigenvalue weighted by Gasteiger charge is 2.15. The van der Waals surface area contributed by atoms with Gasteiger partial charge < -0.3 is 11.1 Å². The first-order chi connectivity index (χ1) is 9.36. The van der Waals surface area contributed by atoms with Crippen LogP contribution >= 0.6 is 23.2 Å². The number of halogens is 4. The largest absolute Gasteiger partial charge is 0.384 e. The van der Waals surface area contributed by atoms with Crippen LogP contribution in [0.5, 0.6) is 0 Å². The monoisotopic (exact) mass is 317 g/mol. The van der Waals surface area contributed by atoms with Gasteiger partial charge in [-0.15, -0.1) is 0 Å². The van der Waals surface area contributed by atoms with Crippen molar-refractivity contribution in [2.45, 2.75) is 0 Å². The van der Waals surface area contributed by atoms with E-state index in [-0.39, 0.29) is 27.2 Å². The first-order valence-corrected chi connectivity index (χ1v) is 6.01. The van der Waals surface area contributed by atoms with Gasteiger partial charge in [0.2, 0.25) is 0 Å². The van der Waals surface area contributed by atoms with Crippen molar-refractivity contribution in [3.63, 3.8) is 0 Å². The number of hydrogen-bond acceptors (Lipinski definition) is 3. The number of nitrogens with zero attached hydrogens (tertiary/aromatic N) is 1. The van der Waals surface area contributed by atoms with Crippen LogP contribution in [-0.2, 0) is 0 Å². The molecule has 0 unspecified atom stereocenters. The second-order valence-corrected chi connectivity index (χ2v) is 4.60. The predicted octanol–water partition coefficient (Wildman–Crippen LogP) is 3.50. The van der Waals surface area contributed by atoms with Gasteiger partial charge in [0, 0.05) is 11.6 Å². The summed E-state index contributed by atoms with van der Waals surface area (Å²) >= 11 is 11.3. The highest BCUT2D eigenvalue weighted by atomic mass is 35.5. The van der Waals surface area contributed by atoms with E-state index in [1.54, 1.807) is 0 Å². The molecule has 4 nitrogen and oxygen atoms in total. The molecule has 2 rings (SSSR count). The minimum Gasteiger partial charge on any atom is -0.384 e. The van der Waals surface area contributed by atoms with E-state index in [2.05, 4.69) is 10.3 Å². The van der Waals surface area contributed by atoms with Crippen molar-refractivity contribution in [1.29, 1.82) is 0 Å².